The normalized spacial score (nSPS) is 11.8. The first kappa shape index (κ1) is 17.7. The van der Waals surface area contributed by atoms with Crippen LogP contribution in [0.2, 0.25) is 0 Å². The van der Waals surface area contributed by atoms with E-state index >= 15 is 0 Å². The molecule has 0 radical (unpaired) electrons. The second kappa shape index (κ2) is 8.34. The fraction of sp³-hybridized carbons (Fsp3) is 0.238. The average Bonchev–Trinajstić information content (AvgIpc) is 2.64. The highest BCUT2D eigenvalue weighted by Crippen LogP contribution is 2.28. The molecule has 3 rings (SSSR count). The molecule has 0 aliphatic carbocycles. The standard InChI is InChI=1S/C21H24N4O/c1-15(2)26-19-12-8-7-11-18(19)25-21-13-20(22-14-23-21)24-16(3)17-9-5-4-6-10-17/h4-16H,1-3H3,(H2,22,23,24,25). The molecule has 1 heterocycles. The molecule has 0 amide bonds. The van der Waals surface area contributed by atoms with Crippen LogP contribution in [0.1, 0.15) is 32.4 Å². The van der Waals surface area contributed by atoms with Gasteiger partial charge in [-0.25, -0.2) is 9.97 Å². The second-order valence-electron chi connectivity index (χ2n) is 6.35. The van der Waals surface area contributed by atoms with Crippen molar-refractivity contribution in [2.75, 3.05) is 10.6 Å². The monoisotopic (exact) mass is 348 g/mol. The van der Waals surface area contributed by atoms with E-state index in [2.05, 4.69) is 39.7 Å². The van der Waals surface area contributed by atoms with Gasteiger partial charge in [-0.15, -0.1) is 0 Å². The van der Waals surface area contributed by atoms with E-state index in [1.54, 1.807) is 6.33 Å². The molecule has 3 aromatic rings. The van der Waals surface area contributed by atoms with Gasteiger partial charge in [-0.2, -0.15) is 0 Å². The summed E-state index contributed by atoms with van der Waals surface area (Å²) in [5, 5.41) is 6.72. The van der Waals surface area contributed by atoms with Crippen LogP contribution < -0.4 is 15.4 Å². The molecule has 0 aliphatic rings. The van der Waals surface area contributed by atoms with E-state index < -0.39 is 0 Å². The fourth-order valence-electron chi connectivity index (χ4n) is 2.62. The van der Waals surface area contributed by atoms with Gasteiger partial charge in [-0.1, -0.05) is 42.5 Å². The third-order valence-electron chi connectivity index (χ3n) is 3.84. The molecule has 0 bridgehead atoms. The predicted octanol–water partition coefficient (Wildman–Crippen LogP) is 5.18. The minimum atomic E-state index is 0.104. The molecule has 134 valence electrons. The minimum absolute atomic E-state index is 0.104. The van der Waals surface area contributed by atoms with Crippen molar-refractivity contribution in [2.45, 2.75) is 32.9 Å². The summed E-state index contributed by atoms with van der Waals surface area (Å²) in [5.74, 6) is 2.27. The highest BCUT2D eigenvalue weighted by Gasteiger charge is 2.09. The Labute approximate surface area is 154 Å². The van der Waals surface area contributed by atoms with E-state index in [0.29, 0.717) is 5.82 Å². The summed E-state index contributed by atoms with van der Waals surface area (Å²) in [6.07, 6.45) is 1.65. The lowest BCUT2D eigenvalue weighted by Crippen LogP contribution is -2.09. The Hall–Kier alpha value is -3.08. The molecule has 1 atom stereocenters. The van der Waals surface area contributed by atoms with Crippen molar-refractivity contribution in [3.05, 3.63) is 72.6 Å². The van der Waals surface area contributed by atoms with Crippen molar-refractivity contribution in [1.82, 2.24) is 9.97 Å². The van der Waals surface area contributed by atoms with Gasteiger partial charge in [-0.05, 0) is 38.5 Å². The van der Waals surface area contributed by atoms with Crippen molar-refractivity contribution in [2.24, 2.45) is 0 Å². The lowest BCUT2D eigenvalue weighted by Gasteiger charge is -2.17. The lowest BCUT2D eigenvalue weighted by atomic mass is 10.1. The Kier molecular flexibility index (Phi) is 5.69. The summed E-state index contributed by atoms with van der Waals surface area (Å²) in [6.45, 7) is 6.12. The Bertz CT molecular complexity index is 836. The van der Waals surface area contributed by atoms with Crippen LogP contribution in [-0.4, -0.2) is 16.1 Å². The van der Waals surface area contributed by atoms with E-state index in [1.165, 1.54) is 5.56 Å². The molecule has 1 unspecified atom stereocenters. The maximum absolute atomic E-state index is 5.85. The number of nitrogens with zero attached hydrogens (tertiary/aromatic N) is 2. The third kappa shape index (κ3) is 4.72. The number of aromatic nitrogens is 2. The number of nitrogens with one attached hydrogen (secondary N) is 2. The summed E-state index contributed by atoms with van der Waals surface area (Å²) >= 11 is 0. The maximum atomic E-state index is 5.85. The van der Waals surface area contributed by atoms with E-state index in [9.17, 15) is 0 Å². The first-order chi connectivity index (χ1) is 12.6. The number of benzene rings is 2. The highest BCUT2D eigenvalue weighted by molar-refractivity contribution is 5.65. The van der Waals surface area contributed by atoms with Gasteiger partial charge < -0.3 is 15.4 Å². The molecular weight excluding hydrogens is 324 g/mol. The van der Waals surface area contributed by atoms with Crippen LogP contribution >= 0.6 is 0 Å². The number of para-hydroxylation sites is 2. The predicted molar refractivity (Wildman–Crippen MR) is 106 cm³/mol. The van der Waals surface area contributed by atoms with Gasteiger partial charge in [0.25, 0.3) is 0 Å². The molecule has 2 N–H and O–H groups in total. The van der Waals surface area contributed by atoms with Crippen molar-refractivity contribution in [3.63, 3.8) is 0 Å². The molecule has 0 spiro atoms. The molecule has 0 saturated heterocycles. The van der Waals surface area contributed by atoms with Gasteiger partial charge in [0, 0.05) is 12.1 Å². The summed E-state index contributed by atoms with van der Waals surface area (Å²) < 4.78 is 5.85. The summed E-state index contributed by atoms with van der Waals surface area (Å²) in [6, 6.07) is 20.2. The van der Waals surface area contributed by atoms with Crippen molar-refractivity contribution < 1.29 is 4.74 Å². The zero-order valence-corrected chi connectivity index (χ0v) is 15.3. The van der Waals surface area contributed by atoms with Crippen LogP contribution in [0.25, 0.3) is 0 Å². The van der Waals surface area contributed by atoms with Crippen LogP contribution in [0.15, 0.2) is 67.0 Å². The first-order valence-corrected chi connectivity index (χ1v) is 8.78. The fourth-order valence-corrected chi connectivity index (χ4v) is 2.62. The Morgan fingerprint density at radius 2 is 1.54 bits per heavy atom. The molecule has 2 aromatic carbocycles. The van der Waals surface area contributed by atoms with E-state index in [-0.39, 0.29) is 12.1 Å². The summed E-state index contributed by atoms with van der Waals surface area (Å²) in [4.78, 5) is 8.64. The van der Waals surface area contributed by atoms with E-state index in [4.69, 9.17) is 4.74 Å². The number of hydrogen-bond donors (Lipinski definition) is 2. The number of ether oxygens (including phenoxy) is 1. The Balaban J connectivity index is 1.74. The van der Waals surface area contributed by atoms with E-state index in [1.807, 2.05) is 62.4 Å². The zero-order valence-electron chi connectivity index (χ0n) is 15.3. The number of hydrogen-bond acceptors (Lipinski definition) is 5. The maximum Gasteiger partial charge on any atom is 0.143 e. The first-order valence-electron chi connectivity index (χ1n) is 8.78. The van der Waals surface area contributed by atoms with Crippen LogP contribution in [-0.2, 0) is 0 Å². The van der Waals surface area contributed by atoms with Crippen molar-refractivity contribution >= 4 is 17.3 Å². The molecule has 1 aromatic heterocycles. The summed E-state index contributed by atoms with van der Waals surface area (Å²) in [5.41, 5.74) is 2.08. The SMILES string of the molecule is CC(C)Oc1ccccc1Nc1cc(NC(C)c2ccccc2)ncn1. The van der Waals surface area contributed by atoms with Crippen LogP contribution in [0.4, 0.5) is 17.3 Å². The molecule has 0 fully saturated rings. The van der Waals surface area contributed by atoms with Crippen LogP contribution in [0.3, 0.4) is 0 Å². The molecule has 0 saturated carbocycles. The van der Waals surface area contributed by atoms with Gasteiger partial charge in [0.2, 0.25) is 0 Å². The largest absolute Gasteiger partial charge is 0.489 e. The van der Waals surface area contributed by atoms with Crippen LogP contribution in [0, 0.1) is 0 Å². The molecule has 5 nitrogen and oxygen atoms in total. The van der Waals surface area contributed by atoms with Crippen LogP contribution in [0.5, 0.6) is 5.75 Å². The van der Waals surface area contributed by atoms with E-state index in [0.717, 1.165) is 17.3 Å². The molecule has 5 heteroatoms. The topological polar surface area (TPSA) is 59.1 Å². The average molecular weight is 348 g/mol. The van der Waals surface area contributed by atoms with Crippen molar-refractivity contribution in [1.29, 1.82) is 0 Å². The lowest BCUT2D eigenvalue weighted by molar-refractivity contribution is 0.244. The molecular formula is C21H24N4O. The smallest absolute Gasteiger partial charge is 0.143 e. The number of rotatable bonds is 7. The highest BCUT2D eigenvalue weighted by atomic mass is 16.5. The van der Waals surface area contributed by atoms with Gasteiger partial charge in [0.15, 0.2) is 0 Å². The third-order valence-corrected chi connectivity index (χ3v) is 3.84. The van der Waals surface area contributed by atoms with Crippen molar-refractivity contribution in [3.8, 4) is 5.75 Å². The zero-order chi connectivity index (χ0) is 18.4. The summed E-state index contributed by atoms with van der Waals surface area (Å²) in [7, 11) is 0. The molecule has 26 heavy (non-hydrogen) atoms. The van der Waals surface area contributed by atoms with Gasteiger partial charge in [0.05, 0.1) is 11.8 Å². The second-order valence-corrected chi connectivity index (χ2v) is 6.35. The minimum Gasteiger partial charge on any atom is -0.489 e. The Morgan fingerprint density at radius 3 is 2.31 bits per heavy atom. The van der Waals surface area contributed by atoms with Gasteiger partial charge in [0.1, 0.15) is 23.7 Å². The Morgan fingerprint density at radius 1 is 0.846 bits per heavy atom. The molecule has 0 aliphatic heterocycles. The number of anilines is 3. The van der Waals surface area contributed by atoms with Gasteiger partial charge in [-0.3, -0.25) is 0 Å². The van der Waals surface area contributed by atoms with Gasteiger partial charge >= 0.3 is 0 Å². The quantitative estimate of drug-likeness (QED) is 0.616.